The first-order valence-corrected chi connectivity index (χ1v) is 6.13. The molecule has 4 nitrogen and oxygen atoms in total. The Hall–Kier alpha value is -2.80. The third kappa shape index (κ3) is 2.78. The Morgan fingerprint density at radius 3 is 2.60 bits per heavy atom. The molecule has 0 atom stereocenters. The Morgan fingerprint density at radius 1 is 1.20 bits per heavy atom. The van der Waals surface area contributed by atoms with E-state index in [1.54, 1.807) is 30.3 Å². The highest BCUT2D eigenvalue weighted by Crippen LogP contribution is 2.22. The molecule has 4 heteroatoms. The second kappa shape index (κ2) is 5.45. The first kappa shape index (κ1) is 13.6. The Kier molecular flexibility index (Phi) is 3.72. The van der Waals surface area contributed by atoms with Crippen molar-refractivity contribution >= 4 is 11.6 Å². The molecular weight excluding hydrogens is 252 g/mol. The summed E-state index contributed by atoms with van der Waals surface area (Å²) in [6, 6.07) is 12.0. The van der Waals surface area contributed by atoms with Gasteiger partial charge in [-0.05, 0) is 49.2 Å². The fourth-order valence-electron chi connectivity index (χ4n) is 1.85. The highest BCUT2D eigenvalue weighted by atomic mass is 16.3. The Bertz CT molecular complexity index is 715. The van der Waals surface area contributed by atoms with Gasteiger partial charge in [0.05, 0.1) is 17.2 Å². The van der Waals surface area contributed by atoms with Crippen molar-refractivity contribution in [2.45, 2.75) is 13.8 Å². The van der Waals surface area contributed by atoms with E-state index in [2.05, 4.69) is 5.32 Å². The lowest BCUT2D eigenvalue weighted by Crippen LogP contribution is -2.13. The fraction of sp³-hybridized carbons (Fsp3) is 0.125. The number of nitrogens with zero attached hydrogens (tertiary/aromatic N) is 1. The lowest BCUT2D eigenvalue weighted by Gasteiger charge is -2.10. The molecule has 0 bridgehead atoms. The maximum atomic E-state index is 12.1. The van der Waals surface area contributed by atoms with Gasteiger partial charge in [0.15, 0.2) is 0 Å². The quantitative estimate of drug-likeness (QED) is 0.877. The summed E-state index contributed by atoms with van der Waals surface area (Å²) in [5.74, 6) is -0.461. The fourth-order valence-corrected chi connectivity index (χ4v) is 1.85. The molecule has 0 aliphatic heterocycles. The summed E-state index contributed by atoms with van der Waals surface area (Å²) in [4.78, 5) is 12.1. The van der Waals surface area contributed by atoms with Crippen molar-refractivity contribution in [2.75, 3.05) is 5.32 Å². The molecule has 2 aromatic rings. The number of carbonyl (C=O) groups is 1. The average molecular weight is 266 g/mol. The first-order chi connectivity index (χ1) is 9.51. The Labute approximate surface area is 117 Å². The highest BCUT2D eigenvalue weighted by Gasteiger charge is 2.12. The van der Waals surface area contributed by atoms with Gasteiger partial charge in [-0.2, -0.15) is 5.26 Å². The molecular formula is C16H14N2O2. The number of anilines is 1. The number of aromatic hydroxyl groups is 1. The summed E-state index contributed by atoms with van der Waals surface area (Å²) in [5, 5.41) is 21.4. The van der Waals surface area contributed by atoms with E-state index in [9.17, 15) is 9.90 Å². The molecule has 2 rings (SSSR count). The molecule has 0 heterocycles. The minimum absolute atomic E-state index is 0.0587. The molecule has 0 aliphatic carbocycles. The summed E-state index contributed by atoms with van der Waals surface area (Å²) in [6.07, 6.45) is 0. The van der Waals surface area contributed by atoms with Crippen LogP contribution in [0.3, 0.4) is 0 Å². The zero-order chi connectivity index (χ0) is 14.7. The van der Waals surface area contributed by atoms with Crippen LogP contribution in [-0.2, 0) is 0 Å². The van der Waals surface area contributed by atoms with Gasteiger partial charge >= 0.3 is 0 Å². The van der Waals surface area contributed by atoms with Crippen molar-refractivity contribution in [3.8, 4) is 11.8 Å². The van der Waals surface area contributed by atoms with Crippen molar-refractivity contribution in [2.24, 2.45) is 0 Å². The zero-order valence-corrected chi connectivity index (χ0v) is 11.3. The van der Waals surface area contributed by atoms with Crippen LogP contribution in [0, 0.1) is 25.2 Å². The molecule has 20 heavy (non-hydrogen) atoms. The van der Waals surface area contributed by atoms with Gasteiger partial charge in [0.25, 0.3) is 5.91 Å². The van der Waals surface area contributed by atoms with Crippen LogP contribution in [0.2, 0.25) is 0 Å². The molecule has 0 saturated carbocycles. The third-order valence-corrected chi connectivity index (χ3v) is 3.01. The zero-order valence-electron chi connectivity index (χ0n) is 11.3. The summed E-state index contributed by atoms with van der Waals surface area (Å²) in [7, 11) is 0. The lowest BCUT2D eigenvalue weighted by molar-refractivity contribution is 0.102. The molecule has 1 amide bonds. The normalized spacial score (nSPS) is 9.85. The van der Waals surface area contributed by atoms with Crippen LogP contribution in [0.5, 0.6) is 5.75 Å². The summed E-state index contributed by atoms with van der Waals surface area (Å²) >= 11 is 0. The SMILES string of the molecule is Cc1ccc(C(=O)Nc2cc(C#N)ccc2C)c(O)c1. The van der Waals surface area contributed by atoms with E-state index in [1.165, 1.54) is 6.07 Å². The maximum absolute atomic E-state index is 12.1. The van der Waals surface area contributed by atoms with Crippen molar-refractivity contribution in [3.05, 3.63) is 58.7 Å². The standard InChI is InChI=1S/C16H14N2O2/c1-10-3-6-13(15(19)7-10)16(20)18-14-8-12(9-17)5-4-11(14)2/h3-8,19H,1-2H3,(H,18,20). The molecule has 0 saturated heterocycles. The number of aryl methyl sites for hydroxylation is 2. The average Bonchev–Trinajstić information content (AvgIpc) is 2.41. The molecule has 0 fully saturated rings. The number of rotatable bonds is 2. The van der Waals surface area contributed by atoms with E-state index in [4.69, 9.17) is 5.26 Å². The maximum Gasteiger partial charge on any atom is 0.259 e. The second-order valence-corrected chi connectivity index (χ2v) is 4.62. The highest BCUT2D eigenvalue weighted by molar-refractivity contribution is 6.06. The number of benzene rings is 2. The monoisotopic (exact) mass is 266 g/mol. The number of phenols is 1. The Morgan fingerprint density at radius 2 is 1.95 bits per heavy atom. The van der Waals surface area contributed by atoms with Crippen LogP contribution in [0.4, 0.5) is 5.69 Å². The second-order valence-electron chi connectivity index (χ2n) is 4.62. The van der Waals surface area contributed by atoms with Gasteiger partial charge in [0.2, 0.25) is 0 Å². The van der Waals surface area contributed by atoms with Crippen LogP contribution in [-0.4, -0.2) is 11.0 Å². The summed E-state index contributed by atoms with van der Waals surface area (Å²) in [6.45, 7) is 3.67. The number of hydrogen-bond donors (Lipinski definition) is 2. The van der Waals surface area contributed by atoms with Crippen LogP contribution < -0.4 is 5.32 Å². The van der Waals surface area contributed by atoms with E-state index < -0.39 is 5.91 Å². The number of nitrogens with one attached hydrogen (secondary N) is 1. The summed E-state index contributed by atoms with van der Waals surface area (Å²) in [5.41, 5.74) is 2.97. The predicted molar refractivity (Wildman–Crippen MR) is 76.7 cm³/mol. The smallest absolute Gasteiger partial charge is 0.259 e. The third-order valence-electron chi connectivity index (χ3n) is 3.01. The van der Waals surface area contributed by atoms with E-state index in [-0.39, 0.29) is 11.3 Å². The number of amides is 1. The van der Waals surface area contributed by atoms with Crippen LogP contribution >= 0.6 is 0 Å². The predicted octanol–water partition coefficient (Wildman–Crippen LogP) is 3.13. The van der Waals surface area contributed by atoms with E-state index in [1.807, 2.05) is 19.9 Å². The van der Waals surface area contributed by atoms with Gasteiger partial charge in [0.1, 0.15) is 5.75 Å². The largest absolute Gasteiger partial charge is 0.507 e. The molecule has 2 aromatic carbocycles. The minimum atomic E-state index is -0.402. The number of hydrogen-bond acceptors (Lipinski definition) is 3. The molecule has 0 aliphatic rings. The number of nitriles is 1. The van der Waals surface area contributed by atoms with Crippen molar-refractivity contribution < 1.29 is 9.90 Å². The molecule has 0 aromatic heterocycles. The van der Waals surface area contributed by atoms with Crippen LogP contribution in [0.1, 0.15) is 27.0 Å². The van der Waals surface area contributed by atoms with E-state index in [0.717, 1.165) is 11.1 Å². The van der Waals surface area contributed by atoms with Gasteiger partial charge in [-0.1, -0.05) is 12.1 Å². The van der Waals surface area contributed by atoms with Gasteiger partial charge in [-0.3, -0.25) is 4.79 Å². The molecule has 100 valence electrons. The van der Waals surface area contributed by atoms with Gasteiger partial charge in [0, 0.05) is 5.69 Å². The van der Waals surface area contributed by atoms with Gasteiger partial charge in [-0.15, -0.1) is 0 Å². The van der Waals surface area contributed by atoms with E-state index >= 15 is 0 Å². The van der Waals surface area contributed by atoms with E-state index in [0.29, 0.717) is 11.3 Å². The lowest BCUT2D eigenvalue weighted by atomic mass is 10.1. The molecule has 0 unspecified atom stereocenters. The van der Waals surface area contributed by atoms with Crippen molar-refractivity contribution in [1.82, 2.24) is 0 Å². The van der Waals surface area contributed by atoms with Crippen LogP contribution in [0.15, 0.2) is 36.4 Å². The topological polar surface area (TPSA) is 73.1 Å². The van der Waals surface area contributed by atoms with Crippen molar-refractivity contribution in [1.29, 1.82) is 5.26 Å². The van der Waals surface area contributed by atoms with Crippen LogP contribution in [0.25, 0.3) is 0 Å². The Balaban J connectivity index is 2.30. The van der Waals surface area contributed by atoms with Gasteiger partial charge < -0.3 is 10.4 Å². The molecule has 0 radical (unpaired) electrons. The first-order valence-electron chi connectivity index (χ1n) is 6.13. The molecule has 2 N–H and O–H groups in total. The van der Waals surface area contributed by atoms with Gasteiger partial charge in [-0.25, -0.2) is 0 Å². The summed E-state index contributed by atoms with van der Waals surface area (Å²) < 4.78 is 0. The minimum Gasteiger partial charge on any atom is -0.507 e. The number of carbonyl (C=O) groups excluding carboxylic acids is 1. The number of phenolic OH excluding ortho intramolecular Hbond substituents is 1. The molecule has 0 spiro atoms. The van der Waals surface area contributed by atoms with Crippen molar-refractivity contribution in [3.63, 3.8) is 0 Å².